The van der Waals surface area contributed by atoms with Gasteiger partial charge in [-0.2, -0.15) is 0 Å². The molecule has 0 aromatic heterocycles. The maximum atomic E-state index is 6.40. The van der Waals surface area contributed by atoms with Gasteiger partial charge in [-0.05, 0) is 68.9 Å². The molecular weight excluding hydrogens is 206 g/mol. The van der Waals surface area contributed by atoms with E-state index in [0.29, 0.717) is 5.41 Å². The molecule has 0 heterocycles. The average molecular weight is 229 g/mol. The Bertz CT molecular complexity index is 422. The quantitative estimate of drug-likeness (QED) is 0.782. The van der Waals surface area contributed by atoms with Crippen molar-refractivity contribution < 1.29 is 0 Å². The first-order valence-corrected chi connectivity index (χ1v) is 6.90. The van der Waals surface area contributed by atoms with Gasteiger partial charge in [-0.25, -0.2) is 0 Å². The van der Waals surface area contributed by atoms with Crippen LogP contribution in [0.4, 0.5) is 0 Å². The highest BCUT2D eigenvalue weighted by Gasteiger charge is 2.47. The highest BCUT2D eigenvalue weighted by Crippen LogP contribution is 2.53. The van der Waals surface area contributed by atoms with Crippen molar-refractivity contribution in [2.24, 2.45) is 5.73 Å². The normalized spacial score (nSPS) is 36.2. The zero-order valence-electron chi connectivity index (χ0n) is 11.1. The molecule has 92 valence electrons. The first kappa shape index (κ1) is 11.3. The number of nitrogens with two attached hydrogens (primary N) is 1. The van der Waals surface area contributed by atoms with Crippen molar-refractivity contribution in [1.82, 2.24) is 0 Å². The van der Waals surface area contributed by atoms with Crippen molar-refractivity contribution in [3.8, 4) is 0 Å². The topological polar surface area (TPSA) is 26.0 Å². The molecule has 3 saturated carbocycles. The largest absolute Gasteiger partial charge is 0.325 e. The van der Waals surface area contributed by atoms with Crippen LogP contribution in [-0.2, 0) is 5.41 Å². The molecule has 0 saturated heterocycles. The molecule has 3 fully saturated rings. The first-order valence-electron chi connectivity index (χ1n) is 6.90. The highest BCUT2D eigenvalue weighted by atomic mass is 14.8. The summed E-state index contributed by atoms with van der Waals surface area (Å²) in [5.41, 5.74) is 11.5. The number of aryl methyl sites for hydroxylation is 2. The Hall–Kier alpha value is -0.820. The zero-order valence-corrected chi connectivity index (χ0v) is 11.1. The minimum absolute atomic E-state index is 0.181. The fourth-order valence-corrected chi connectivity index (χ4v) is 4.03. The van der Waals surface area contributed by atoms with Crippen LogP contribution in [0, 0.1) is 13.8 Å². The van der Waals surface area contributed by atoms with Gasteiger partial charge in [-0.15, -0.1) is 0 Å². The van der Waals surface area contributed by atoms with E-state index in [1.807, 2.05) is 0 Å². The Kier molecular flexibility index (Phi) is 2.38. The number of rotatable bonds is 1. The molecule has 0 unspecified atom stereocenters. The molecule has 0 amide bonds. The van der Waals surface area contributed by atoms with E-state index in [9.17, 15) is 0 Å². The van der Waals surface area contributed by atoms with Crippen molar-refractivity contribution in [2.45, 2.75) is 63.3 Å². The van der Waals surface area contributed by atoms with Gasteiger partial charge in [-0.3, -0.25) is 0 Å². The maximum Gasteiger partial charge on any atom is 0.0155 e. The Labute approximate surface area is 104 Å². The fraction of sp³-hybridized carbons (Fsp3) is 0.625. The van der Waals surface area contributed by atoms with Crippen molar-refractivity contribution in [3.63, 3.8) is 0 Å². The minimum atomic E-state index is 0.181. The van der Waals surface area contributed by atoms with Gasteiger partial charge in [0.2, 0.25) is 0 Å². The summed E-state index contributed by atoms with van der Waals surface area (Å²) in [5, 5.41) is 0. The Balaban J connectivity index is 1.99. The smallest absolute Gasteiger partial charge is 0.0155 e. The number of fused-ring (bicyclic) bond motifs is 3. The molecule has 4 rings (SSSR count). The summed E-state index contributed by atoms with van der Waals surface area (Å²) in [6, 6.07) is 6.98. The van der Waals surface area contributed by atoms with Crippen LogP contribution in [0.25, 0.3) is 0 Å². The van der Waals surface area contributed by atoms with Gasteiger partial charge in [0.1, 0.15) is 0 Å². The van der Waals surface area contributed by atoms with E-state index >= 15 is 0 Å². The predicted molar refractivity (Wildman–Crippen MR) is 72.2 cm³/mol. The van der Waals surface area contributed by atoms with Crippen LogP contribution in [0.3, 0.4) is 0 Å². The highest BCUT2D eigenvalue weighted by molar-refractivity contribution is 5.38. The Morgan fingerprint density at radius 3 is 2.06 bits per heavy atom. The van der Waals surface area contributed by atoms with Gasteiger partial charge in [0.25, 0.3) is 0 Å². The predicted octanol–water partition coefficient (Wildman–Crippen LogP) is 3.61. The third kappa shape index (κ3) is 1.72. The Morgan fingerprint density at radius 1 is 0.941 bits per heavy atom. The summed E-state index contributed by atoms with van der Waals surface area (Å²) in [6.45, 7) is 4.46. The molecule has 1 nitrogen and oxygen atoms in total. The van der Waals surface area contributed by atoms with Crippen LogP contribution in [-0.4, -0.2) is 5.54 Å². The van der Waals surface area contributed by atoms with Crippen molar-refractivity contribution in [1.29, 1.82) is 0 Å². The number of hydrogen-bond donors (Lipinski definition) is 1. The lowest BCUT2D eigenvalue weighted by atomic mass is 9.55. The molecule has 0 radical (unpaired) electrons. The summed E-state index contributed by atoms with van der Waals surface area (Å²) in [5.74, 6) is 0. The van der Waals surface area contributed by atoms with E-state index in [0.717, 1.165) is 0 Å². The SMILES string of the molecule is Cc1ccc(C23CCC(N)(CC2)CC3)c(C)c1. The monoisotopic (exact) mass is 229 g/mol. The molecule has 1 aromatic rings. The van der Waals surface area contributed by atoms with E-state index in [-0.39, 0.29) is 5.54 Å². The van der Waals surface area contributed by atoms with Gasteiger partial charge in [0, 0.05) is 5.54 Å². The summed E-state index contributed by atoms with van der Waals surface area (Å²) in [6.07, 6.45) is 7.56. The standard InChI is InChI=1S/C16H23N/c1-12-3-4-14(13(2)11-12)15-5-8-16(17,9-6-15)10-7-15/h3-4,11H,5-10,17H2,1-2H3. The molecule has 3 aliphatic rings. The van der Waals surface area contributed by atoms with E-state index in [1.54, 1.807) is 5.56 Å². The minimum Gasteiger partial charge on any atom is -0.325 e. The molecule has 2 N–H and O–H groups in total. The fourth-order valence-electron chi connectivity index (χ4n) is 4.03. The van der Waals surface area contributed by atoms with Crippen molar-refractivity contribution in [2.75, 3.05) is 0 Å². The van der Waals surface area contributed by atoms with Gasteiger partial charge in [-0.1, -0.05) is 23.8 Å². The lowest BCUT2D eigenvalue weighted by molar-refractivity contribution is 0.107. The Morgan fingerprint density at radius 2 is 1.53 bits per heavy atom. The van der Waals surface area contributed by atoms with Crippen LogP contribution in [0.5, 0.6) is 0 Å². The van der Waals surface area contributed by atoms with Gasteiger partial charge < -0.3 is 5.73 Å². The molecule has 1 heteroatoms. The summed E-state index contributed by atoms with van der Waals surface area (Å²) >= 11 is 0. The number of benzene rings is 1. The molecular formula is C16H23N. The van der Waals surface area contributed by atoms with Crippen LogP contribution in [0.15, 0.2) is 18.2 Å². The van der Waals surface area contributed by atoms with Gasteiger partial charge in [0.05, 0.1) is 0 Å². The van der Waals surface area contributed by atoms with Crippen molar-refractivity contribution >= 4 is 0 Å². The summed E-state index contributed by atoms with van der Waals surface area (Å²) in [4.78, 5) is 0. The molecule has 0 spiro atoms. The van der Waals surface area contributed by atoms with Gasteiger partial charge >= 0.3 is 0 Å². The summed E-state index contributed by atoms with van der Waals surface area (Å²) < 4.78 is 0. The zero-order chi connectivity index (χ0) is 12.1. The molecule has 3 aliphatic carbocycles. The maximum absolute atomic E-state index is 6.40. The second-order valence-corrected chi connectivity index (χ2v) is 6.46. The molecule has 2 bridgehead atoms. The first-order chi connectivity index (χ1) is 8.03. The third-order valence-electron chi connectivity index (χ3n) is 5.26. The third-order valence-corrected chi connectivity index (χ3v) is 5.26. The number of hydrogen-bond acceptors (Lipinski definition) is 1. The molecule has 0 aliphatic heterocycles. The molecule has 1 aromatic carbocycles. The average Bonchev–Trinajstić information content (AvgIpc) is 2.30. The molecule has 17 heavy (non-hydrogen) atoms. The second-order valence-electron chi connectivity index (χ2n) is 6.46. The van der Waals surface area contributed by atoms with Crippen molar-refractivity contribution in [3.05, 3.63) is 34.9 Å². The lowest BCUT2D eigenvalue weighted by Crippen LogP contribution is -2.53. The lowest BCUT2D eigenvalue weighted by Gasteiger charge is -2.52. The van der Waals surface area contributed by atoms with E-state index < -0.39 is 0 Å². The summed E-state index contributed by atoms with van der Waals surface area (Å²) in [7, 11) is 0. The van der Waals surface area contributed by atoms with Gasteiger partial charge in [0.15, 0.2) is 0 Å². The van der Waals surface area contributed by atoms with Crippen LogP contribution in [0.1, 0.15) is 55.2 Å². The van der Waals surface area contributed by atoms with E-state index in [1.165, 1.54) is 49.7 Å². The van der Waals surface area contributed by atoms with Crippen LogP contribution >= 0.6 is 0 Å². The van der Waals surface area contributed by atoms with E-state index in [4.69, 9.17) is 5.73 Å². The van der Waals surface area contributed by atoms with E-state index in [2.05, 4.69) is 32.0 Å². The van der Waals surface area contributed by atoms with Crippen LogP contribution in [0.2, 0.25) is 0 Å². The second kappa shape index (κ2) is 3.58. The molecule has 0 atom stereocenters. The van der Waals surface area contributed by atoms with Crippen LogP contribution < -0.4 is 5.73 Å².